The normalized spacial score (nSPS) is 17.4. The highest BCUT2D eigenvalue weighted by Crippen LogP contribution is 2.17. The molecule has 2 N–H and O–H groups in total. The van der Waals surface area contributed by atoms with Crippen LogP contribution < -0.4 is 5.32 Å². The average molecular weight is 246 g/mol. The Labute approximate surface area is 107 Å². The molecule has 0 bridgehead atoms. The molecule has 1 aromatic rings. The Hall–Kier alpha value is -1.84. The second-order valence-electron chi connectivity index (χ2n) is 4.62. The molecule has 18 heavy (non-hydrogen) atoms. The Morgan fingerprint density at radius 2 is 1.83 bits per heavy atom. The monoisotopic (exact) mass is 246 g/mol. The molecule has 0 saturated heterocycles. The summed E-state index contributed by atoms with van der Waals surface area (Å²) in [5.41, 5.74) is 0.717. The Balaban J connectivity index is 2.02. The summed E-state index contributed by atoms with van der Waals surface area (Å²) in [6, 6.07) is 9.22. The van der Waals surface area contributed by atoms with Crippen LogP contribution in [-0.4, -0.2) is 22.9 Å². The van der Waals surface area contributed by atoms with Crippen LogP contribution in [0.25, 0.3) is 0 Å². The summed E-state index contributed by atoms with van der Waals surface area (Å²) in [5, 5.41) is 15.1. The largest absolute Gasteiger partial charge is 0.410 e. The summed E-state index contributed by atoms with van der Waals surface area (Å²) in [7, 11) is 0. The molecule has 1 fully saturated rings. The second kappa shape index (κ2) is 6.19. The van der Waals surface area contributed by atoms with Crippen LogP contribution in [0.15, 0.2) is 35.5 Å². The predicted octanol–water partition coefficient (Wildman–Crippen LogP) is 2.31. The third-order valence-electron chi connectivity index (χ3n) is 3.30. The molecule has 0 heterocycles. The molecule has 0 aliphatic heterocycles. The Morgan fingerprint density at radius 3 is 2.44 bits per heavy atom. The number of nitrogens with zero attached hydrogens (tertiary/aromatic N) is 1. The van der Waals surface area contributed by atoms with E-state index in [4.69, 9.17) is 5.21 Å². The fraction of sp³-hybridized carbons (Fsp3) is 0.429. The first-order valence-electron chi connectivity index (χ1n) is 6.39. The van der Waals surface area contributed by atoms with Crippen molar-refractivity contribution in [1.29, 1.82) is 0 Å². The van der Waals surface area contributed by atoms with Gasteiger partial charge in [-0.15, -0.1) is 0 Å². The lowest BCUT2D eigenvalue weighted by atomic mass is 9.95. The van der Waals surface area contributed by atoms with Crippen LogP contribution in [0.4, 0.5) is 0 Å². The van der Waals surface area contributed by atoms with Crippen LogP contribution >= 0.6 is 0 Å². The van der Waals surface area contributed by atoms with E-state index in [1.165, 1.54) is 6.42 Å². The van der Waals surface area contributed by atoms with E-state index in [1.54, 1.807) is 12.1 Å². The van der Waals surface area contributed by atoms with E-state index < -0.39 is 0 Å². The number of hydrogen-bond donors (Lipinski definition) is 2. The summed E-state index contributed by atoms with van der Waals surface area (Å²) in [5.74, 6) is -0.296. The van der Waals surface area contributed by atoms with Crippen molar-refractivity contribution in [2.45, 2.75) is 38.1 Å². The Bertz CT molecular complexity index is 423. The third kappa shape index (κ3) is 3.09. The van der Waals surface area contributed by atoms with Crippen molar-refractivity contribution in [3.8, 4) is 0 Å². The number of amides is 1. The van der Waals surface area contributed by atoms with Crippen molar-refractivity contribution in [3.63, 3.8) is 0 Å². The van der Waals surface area contributed by atoms with Crippen LogP contribution in [-0.2, 0) is 4.79 Å². The van der Waals surface area contributed by atoms with Crippen LogP contribution in [0.2, 0.25) is 0 Å². The summed E-state index contributed by atoms with van der Waals surface area (Å²) >= 11 is 0. The van der Waals surface area contributed by atoms with Crippen LogP contribution in [0, 0.1) is 0 Å². The van der Waals surface area contributed by atoms with Gasteiger partial charge in [0, 0.05) is 11.6 Å². The first-order chi connectivity index (χ1) is 8.81. The first kappa shape index (κ1) is 12.6. The number of hydrogen-bond acceptors (Lipinski definition) is 3. The maximum absolute atomic E-state index is 12.0. The van der Waals surface area contributed by atoms with E-state index in [9.17, 15) is 4.79 Å². The zero-order valence-electron chi connectivity index (χ0n) is 10.3. The molecule has 0 unspecified atom stereocenters. The molecule has 2 rings (SSSR count). The SMILES string of the molecule is O=C(NC1CCCCC1)/C(=N\O)c1ccccc1. The number of carbonyl (C=O) groups is 1. The zero-order valence-corrected chi connectivity index (χ0v) is 10.3. The molecule has 4 nitrogen and oxygen atoms in total. The Kier molecular flexibility index (Phi) is 4.34. The molecular weight excluding hydrogens is 228 g/mol. The van der Waals surface area contributed by atoms with Gasteiger partial charge in [0.25, 0.3) is 5.91 Å². The highest BCUT2D eigenvalue weighted by molar-refractivity contribution is 6.45. The molecular formula is C14H18N2O2. The summed E-state index contributed by atoms with van der Waals surface area (Å²) in [6.07, 6.45) is 5.58. The topological polar surface area (TPSA) is 61.7 Å². The predicted molar refractivity (Wildman–Crippen MR) is 69.8 cm³/mol. The molecule has 1 aliphatic carbocycles. The molecule has 0 spiro atoms. The van der Waals surface area contributed by atoms with E-state index in [0.29, 0.717) is 5.56 Å². The number of nitrogens with one attached hydrogen (secondary N) is 1. The zero-order chi connectivity index (χ0) is 12.8. The summed E-state index contributed by atoms with van der Waals surface area (Å²) in [4.78, 5) is 12.0. The van der Waals surface area contributed by atoms with Gasteiger partial charge in [0.05, 0.1) is 0 Å². The fourth-order valence-corrected chi connectivity index (χ4v) is 2.33. The first-order valence-corrected chi connectivity index (χ1v) is 6.39. The number of benzene rings is 1. The van der Waals surface area contributed by atoms with Crippen LogP contribution in [0.1, 0.15) is 37.7 Å². The van der Waals surface area contributed by atoms with E-state index in [0.717, 1.165) is 25.7 Å². The average Bonchev–Trinajstić information content (AvgIpc) is 2.42. The molecule has 4 heteroatoms. The van der Waals surface area contributed by atoms with Crippen molar-refractivity contribution in [2.24, 2.45) is 5.16 Å². The smallest absolute Gasteiger partial charge is 0.274 e. The molecule has 0 atom stereocenters. The van der Waals surface area contributed by atoms with Gasteiger partial charge < -0.3 is 10.5 Å². The van der Waals surface area contributed by atoms with Crippen molar-refractivity contribution >= 4 is 11.6 Å². The summed E-state index contributed by atoms with van der Waals surface area (Å²) in [6.45, 7) is 0. The number of rotatable bonds is 3. The Morgan fingerprint density at radius 1 is 1.17 bits per heavy atom. The lowest BCUT2D eigenvalue weighted by Crippen LogP contribution is -2.40. The molecule has 1 aliphatic rings. The van der Waals surface area contributed by atoms with Gasteiger partial charge in [-0.3, -0.25) is 4.79 Å². The van der Waals surface area contributed by atoms with Crippen LogP contribution in [0.3, 0.4) is 0 Å². The fourth-order valence-electron chi connectivity index (χ4n) is 2.33. The van der Waals surface area contributed by atoms with E-state index in [1.807, 2.05) is 18.2 Å². The van der Waals surface area contributed by atoms with Crippen molar-refractivity contribution in [3.05, 3.63) is 35.9 Å². The molecule has 0 radical (unpaired) electrons. The molecule has 1 amide bonds. The van der Waals surface area contributed by atoms with Crippen molar-refractivity contribution in [1.82, 2.24) is 5.32 Å². The minimum Gasteiger partial charge on any atom is -0.410 e. The quantitative estimate of drug-likeness (QED) is 0.488. The standard InChI is InChI=1S/C14H18N2O2/c17-14(15-12-9-5-2-6-10-12)13(16-18)11-7-3-1-4-8-11/h1,3-4,7-8,12,18H,2,5-6,9-10H2,(H,15,17)/b16-13-. The molecule has 1 aromatic carbocycles. The van der Waals surface area contributed by atoms with Gasteiger partial charge >= 0.3 is 0 Å². The molecule has 96 valence electrons. The van der Waals surface area contributed by atoms with E-state index in [2.05, 4.69) is 10.5 Å². The maximum atomic E-state index is 12.0. The van der Waals surface area contributed by atoms with Gasteiger partial charge in [0.2, 0.25) is 0 Å². The van der Waals surface area contributed by atoms with E-state index in [-0.39, 0.29) is 17.7 Å². The van der Waals surface area contributed by atoms with Gasteiger partial charge in [-0.05, 0) is 12.8 Å². The van der Waals surface area contributed by atoms with Crippen molar-refractivity contribution in [2.75, 3.05) is 0 Å². The van der Waals surface area contributed by atoms with Gasteiger partial charge in [-0.2, -0.15) is 0 Å². The highest BCUT2D eigenvalue weighted by Gasteiger charge is 2.20. The highest BCUT2D eigenvalue weighted by atomic mass is 16.4. The lowest BCUT2D eigenvalue weighted by Gasteiger charge is -2.22. The number of oxime groups is 1. The maximum Gasteiger partial charge on any atom is 0.274 e. The van der Waals surface area contributed by atoms with Gasteiger partial charge in [-0.25, -0.2) is 0 Å². The number of carbonyl (C=O) groups excluding carboxylic acids is 1. The third-order valence-corrected chi connectivity index (χ3v) is 3.30. The minimum atomic E-state index is -0.296. The van der Waals surface area contributed by atoms with Crippen molar-refractivity contribution < 1.29 is 10.0 Å². The van der Waals surface area contributed by atoms with Crippen LogP contribution in [0.5, 0.6) is 0 Å². The van der Waals surface area contributed by atoms with E-state index >= 15 is 0 Å². The van der Waals surface area contributed by atoms with Gasteiger partial charge in [0.1, 0.15) is 0 Å². The summed E-state index contributed by atoms with van der Waals surface area (Å²) < 4.78 is 0. The second-order valence-corrected chi connectivity index (χ2v) is 4.62. The van der Waals surface area contributed by atoms with Gasteiger partial charge in [0.15, 0.2) is 5.71 Å². The lowest BCUT2D eigenvalue weighted by molar-refractivity contribution is -0.115. The molecule has 0 aromatic heterocycles. The van der Waals surface area contributed by atoms with Gasteiger partial charge in [-0.1, -0.05) is 54.8 Å². The molecule has 1 saturated carbocycles. The minimum absolute atomic E-state index is 0.0844.